The molecule has 0 saturated heterocycles. The minimum Gasteiger partial charge on any atom is -0.439 e. The lowest BCUT2D eigenvalue weighted by Crippen LogP contribution is -2.44. The number of amides is 2. The number of ether oxygens (including phenoxy) is 2. The van der Waals surface area contributed by atoms with E-state index >= 15 is 0 Å². The van der Waals surface area contributed by atoms with E-state index in [0.717, 1.165) is 12.2 Å². The molecule has 162 valence electrons. The van der Waals surface area contributed by atoms with Crippen molar-refractivity contribution in [3.8, 4) is 0 Å². The Morgan fingerprint density at radius 1 is 0.833 bits per heavy atom. The van der Waals surface area contributed by atoms with Crippen molar-refractivity contribution in [1.82, 2.24) is 9.80 Å². The fraction of sp³-hybridized carbons (Fsp3) is 0.364. The molecule has 0 spiro atoms. The zero-order chi connectivity index (χ0) is 22.8. The highest BCUT2D eigenvalue weighted by Gasteiger charge is 2.29. The second kappa shape index (κ2) is 11.5. The van der Waals surface area contributed by atoms with Crippen LogP contribution >= 0.6 is 0 Å². The van der Waals surface area contributed by atoms with Gasteiger partial charge in [0.1, 0.15) is 0 Å². The molecule has 1 rings (SSSR count). The SMILES string of the molecule is C=CC(=O)OC(C)N(CC)C(=O)c1ccccc1C(=O)N(CC)C(C)OC(=O)C=C. The molecule has 0 aromatic heterocycles. The summed E-state index contributed by atoms with van der Waals surface area (Å²) < 4.78 is 10.3. The zero-order valence-corrected chi connectivity index (χ0v) is 17.8. The largest absolute Gasteiger partial charge is 0.439 e. The van der Waals surface area contributed by atoms with E-state index in [0.29, 0.717) is 0 Å². The first kappa shape index (κ1) is 24.6. The first-order valence-electron chi connectivity index (χ1n) is 9.58. The van der Waals surface area contributed by atoms with Crippen LogP contribution in [0.4, 0.5) is 0 Å². The molecule has 8 nitrogen and oxygen atoms in total. The molecule has 0 bridgehead atoms. The molecule has 30 heavy (non-hydrogen) atoms. The van der Waals surface area contributed by atoms with Crippen LogP contribution in [0.25, 0.3) is 0 Å². The summed E-state index contributed by atoms with van der Waals surface area (Å²) in [5.74, 6) is -2.27. The van der Waals surface area contributed by atoms with Gasteiger partial charge in [-0.05, 0) is 39.8 Å². The fourth-order valence-electron chi connectivity index (χ4n) is 2.86. The summed E-state index contributed by atoms with van der Waals surface area (Å²) in [4.78, 5) is 52.0. The molecule has 2 unspecified atom stereocenters. The van der Waals surface area contributed by atoms with Gasteiger partial charge in [0, 0.05) is 25.2 Å². The lowest BCUT2D eigenvalue weighted by molar-refractivity contribution is -0.150. The van der Waals surface area contributed by atoms with Crippen LogP contribution in [0.1, 0.15) is 48.4 Å². The highest BCUT2D eigenvalue weighted by atomic mass is 16.6. The van der Waals surface area contributed by atoms with E-state index in [4.69, 9.17) is 9.47 Å². The predicted molar refractivity (Wildman–Crippen MR) is 111 cm³/mol. The maximum Gasteiger partial charge on any atom is 0.332 e. The number of esters is 2. The van der Waals surface area contributed by atoms with Crippen molar-refractivity contribution in [1.29, 1.82) is 0 Å². The Kier molecular flexibility index (Phi) is 9.48. The summed E-state index contributed by atoms with van der Waals surface area (Å²) in [6.45, 7) is 13.8. The molecule has 0 fully saturated rings. The van der Waals surface area contributed by atoms with Crippen LogP contribution in [-0.2, 0) is 19.1 Å². The molecule has 1 aromatic carbocycles. The minimum atomic E-state index is -0.856. The quantitative estimate of drug-likeness (QED) is 0.331. The van der Waals surface area contributed by atoms with E-state index in [2.05, 4.69) is 13.2 Å². The third-order valence-electron chi connectivity index (χ3n) is 4.38. The van der Waals surface area contributed by atoms with Gasteiger partial charge in [0.05, 0.1) is 11.1 Å². The Hall–Kier alpha value is -3.42. The molecule has 0 aliphatic rings. The van der Waals surface area contributed by atoms with Crippen LogP contribution in [-0.4, -0.2) is 59.1 Å². The number of benzene rings is 1. The van der Waals surface area contributed by atoms with Crippen LogP contribution in [0.2, 0.25) is 0 Å². The summed E-state index contributed by atoms with van der Waals surface area (Å²) in [6.07, 6.45) is 0.311. The van der Waals surface area contributed by atoms with Gasteiger partial charge in [0.15, 0.2) is 12.5 Å². The predicted octanol–water partition coefficient (Wildman–Crippen LogP) is 2.76. The molecule has 0 heterocycles. The number of rotatable bonds is 10. The van der Waals surface area contributed by atoms with E-state index < -0.39 is 36.2 Å². The van der Waals surface area contributed by atoms with Crippen LogP contribution in [0.15, 0.2) is 49.6 Å². The van der Waals surface area contributed by atoms with Crippen molar-refractivity contribution < 1.29 is 28.7 Å². The molecule has 0 radical (unpaired) electrons. The molecular weight excluding hydrogens is 388 g/mol. The lowest BCUT2D eigenvalue weighted by Gasteiger charge is -2.30. The van der Waals surface area contributed by atoms with Gasteiger partial charge >= 0.3 is 11.9 Å². The van der Waals surface area contributed by atoms with Gasteiger partial charge in [0.2, 0.25) is 0 Å². The number of carbonyl (C=O) groups excluding carboxylic acids is 4. The van der Waals surface area contributed by atoms with E-state index in [-0.39, 0.29) is 24.2 Å². The van der Waals surface area contributed by atoms with E-state index in [1.54, 1.807) is 39.8 Å². The number of hydrogen-bond donors (Lipinski definition) is 0. The second-order valence-corrected chi connectivity index (χ2v) is 6.21. The molecule has 0 aliphatic carbocycles. The lowest BCUT2D eigenvalue weighted by atomic mass is 10.0. The highest BCUT2D eigenvalue weighted by Crippen LogP contribution is 2.18. The van der Waals surface area contributed by atoms with E-state index in [1.165, 1.54) is 21.9 Å². The number of hydrogen-bond acceptors (Lipinski definition) is 6. The average Bonchev–Trinajstić information content (AvgIpc) is 2.74. The Morgan fingerprint density at radius 3 is 1.43 bits per heavy atom. The Morgan fingerprint density at radius 2 is 1.17 bits per heavy atom. The second-order valence-electron chi connectivity index (χ2n) is 6.21. The van der Waals surface area contributed by atoms with Crippen molar-refractivity contribution in [2.24, 2.45) is 0 Å². The molecule has 0 saturated carbocycles. The minimum absolute atomic E-state index is 0.145. The van der Waals surface area contributed by atoms with Crippen LogP contribution < -0.4 is 0 Å². The van der Waals surface area contributed by atoms with Gasteiger partial charge in [-0.1, -0.05) is 25.3 Å². The van der Waals surface area contributed by atoms with Gasteiger partial charge in [-0.2, -0.15) is 0 Å². The van der Waals surface area contributed by atoms with Crippen LogP contribution in [0.3, 0.4) is 0 Å². The number of nitrogens with zero attached hydrogens (tertiary/aromatic N) is 2. The Labute approximate surface area is 176 Å². The third-order valence-corrected chi connectivity index (χ3v) is 4.38. The molecule has 0 N–H and O–H groups in total. The van der Waals surface area contributed by atoms with Crippen molar-refractivity contribution in [3.63, 3.8) is 0 Å². The number of carbonyl (C=O) groups is 4. The molecule has 2 amide bonds. The Bertz CT molecular complexity index is 753. The summed E-state index contributed by atoms with van der Waals surface area (Å²) in [5, 5.41) is 0. The van der Waals surface area contributed by atoms with Gasteiger partial charge in [-0.3, -0.25) is 9.59 Å². The van der Waals surface area contributed by atoms with Crippen molar-refractivity contribution in [3.05, 3.63) is 60.7 Å². The normalized spacial score (nSPS) is 12.1. The van der Waals surface area contributed by atoms with Crippen molar-refractivity contribution in [2.45, 2.75) is 40.2 Å². The summed E-state index contributed by atoms with van der Waals surface area (Å²) in [7, 11) is 0. The molecule has 2 atom stereocenters. The zero-order valence-electron chi connectivity index (χ0n) is 17.8. The molecule has 0 aliphatic heterocycles. The molecule has 8 heteroatoms. The molecule has 1 aromatic rings. The first-order valence-corrected chi connectivity index (χ1v) is 9.58. The maximum atomic E-state index is 13.2. The average molecular weight is 416 g/mol. The maximum absolute atomic E-state index is 13.2. The highest BCUT2D eigenvalue weighted by molar-refractivity contribution is 6.07. The summed E-state index contributed by atoms with van der Waals surface area (Å²) in [5.41, 5.74) is 0.290. The van der Waals surface area contributed by atoms with Gasteiger partial charge in [-0.25, -0.2) is 9.59 Å². The van der Waals surface area contributed by atoms with Gasteiger partial charge in [-0.15, -0.1) is 0 Å². The monoisotopic (exact) mass is 416 g/mol. The Balaban J connectivity index is 3.23. The standard InChI is InChI=1S/C22H28N2O6/c1-7-19(25)29-15(5)23(9-3)21(27)17-13-11-12-14-18(17)22(28)24(10-4)16(6)30-20(26)8-2/h7-8,11-16H,1-2,9-10H2,3-6H3. The van der Waals surface area contributed by atoms with Gasteiger partial charge in [0.25, 0.3) is 11.8 Å². The fourth-order valence-corrected chi connectivity index (χ4v) is 2.86. The van der Waals surface area contributed by atoms with Crippen LogP contribution in [0.5, 0.6) is 0 Å². The van der Waals surface area contributed by atoms with Crippen molar-refractivity contribution >= 4 is 23.8 Å². The van der Waals surface area contributed by atoms with Gasteiger partial charge < -0.3 is 19.3 Å². The smallest absolute Gasteiger partial charge is 0.332 e. The van der Waals surface area contributed by atoms with Crippen LogP contribution in [0, 0.1) is 0 Å². The summed E-state index contributed by atoms with van der Waals surface area (Å²) >= 11 is 0. The topological polar surface area (TPSA) is 93.2 Å². The molecular formula is C22H28N2O6. The van der Waals surface area contributed by atoms with E-state index in [1.807, 2.05) is 0 Å². The summed E-state index contributed by atoms with van der Waals surface area (Å²) in [6, 6.07) is 6.31. The third kappa shape index (κ3) is 6.04. The van der Waals surface area contributed by atoms with Crippen molar-refractivity contribution in [2.75, 3.05) is 13.1 Å². The van der Waals surface area contributed by atoms with E-state index in [9.17, 15) is 19.2 Å². The first-order chi connectivity index (χ1) is 14.2.